The lowest BCUT2D eigenvalue weighted by Gasteiger charge is -2.31. The van der Waals surface area contributed by atoms with Crippen LogP contribution in [0.2, 0.25) is 0 Å². The van der Waals surface area contributed by atoms with E-state index >= 15 is 0 Å². The Bertz CT molecular complexity index is 1120. The summed E-state index contributed by atoms with van der Waals surface area (Å²) in [5.41, 5.74) is 5.11. The van der Waals surface area contributed by atoms with Crippen LogP contribution in [-0.4, -0.2) is 42.0 Å². The summed E-state index contributed by atoms with van der Waals surface area (Å²) < 4.78 is 7.50. The van der Waals surface area contributed by atoms with Crippen molar-refractivity contribution in [2.24, 2.45) is 0 Å². The van der Waals surface area contributed by atoms with Gasteiger partial charge in [-0.25, -0.2) is 4.79 Å². The molecule has 0 fully saturated rings. The fourth-order valence-electron chi connectivity index (χ4n) is 5.04. The number of benzene rings is 1. The van der Waals surface area contributed by atoms with Gasteiger partial charge < -0.3 is 19.5 Å². The quantitative estimate of drug-likeness (QED) is 0.358. The van der Waals surface area contributed by atoms with Gasteiger partial charge in [-0.1, -0.05) is 12.1 Å². The second-order valence-corrected chi connectivity index (χ2v) is 10.6. The molecule has 0 saturated carbocycles. The number of amides is 2. The van der Waals surface area contributed by atoms with Gasteiger partial charge >= 0.3 is 6.03 Å². The molecule has 2 amide bonds. The van der Waals surface area contributed by atoms with Gasteiger partial charge in [-0.05, 0) is 73.8 Å². The van der Waals surface area contributed by atoms with E-state index < -0.39 is 0 Å². The predicted molar refractivity (Wildman–Crippen MR) is 136 cm³/mol. The molecule has 1 N–H and O–H groups in total. The Morgan fingerprint density at radius 2 is 2.00 bits per heavy atom. The molecule has 3 heterocycles. The zero-order chi connectivity index (χ0) is 22.8. The first-order valence-corrected chi connectivity index (χ1v) is 13.7. The summed E-state index contributed by atoms with van der Waals surface area (Å²) >= 11 is 3.66. The van der Waals surface area contributed by atoms with Crippen molar-refractivity contribution >= 4 is 29.1 Å². The summed E-state index contributed by atoms with van der Waals surface area (Å²) in [4.78, 5) is 18.4. The van der Waals surface area contributed by atoms with Gasteiger partial charge in [-0.3, -0.25) is 0 Å². The third kappa shape index (κ3) is 4.34. The maximum absolute atomic E-state index is 13.6. The number of urea groups is 1. The highest BCUT2D eigenvalue weighted by Crippen LogP contribution is 2.44. The fourth-order valence-corrected chi connectivity index (χ4v) is 6.85. The van der Waals surface area contributed by atoms with Crippen LogP contribution in [0.5, 0.6) is 0 Å². The second-order valence-electron chi connectivity index (χ2n) is 8.68. The molecule has 3 aromatic rings. The van der Waals surface area contributed by atoms with Crippen molar-refractivity contribution < 1.29 is 9.53 Å². The normalized spacial score (nSPS) is 17.2. The number of ether oxygens (including phenoxy) is 1. The lowest BCUT2D eigenvalue weighted by molar-refractivity contribution is 0.174. The first-order chi connectivity index (χ1) is 16.2. The molecular weight excluding hydrogens is 450 g/mol. The molecule has 7 heteroatoms. The number of hydrogen-bond donors (Lipinski definition) is 1. The topological polar surface area (TPSA) is 46.5 Å². The second kappa shape index (κ2) is 9.95. The van der Waals surface area contributed by atoms with E-state index in [1.54, 1.807) is 18.9 Å². The van der Waals surface area contributed by atoms with Gasteiger partial charge in [0.05, 0.1) is 18.3 Å². The van der Waals surface area contributed by atoms with Crippen LogP contribution in [0.1, 0.15) is 52.6 Å². The van der Waals surface area contributed by atoms with Crippen LogP contribution in [0.3, 0.4) is 0 Å². The first kappa shape index (κ1) is 22.6. The Hall–Kier alpha value is -2.22. The van der Waals surface area contributed by atoms with E-state index in [1.807, 2.05) is 16.2 Å². The third-order valence-corrected chi connectivity index (χ3v) is 8.75. The van der Waals surface area contributed by atoms with Gasteiger partial charge in [0.15, 0.2) is 0 Å². The van der Waals surface area contributed by atoms with Crippen LogP contribution < -0.4 is 5.32 Å². The Balaban J connectivity index is 1.58. The molecule has 1 atom stereocenters. The summed E-state index contributed by atoms with van der Waals surface area (Å²) in [6, 6.07) is 12.8. The molecule has 174 valence electrons. The molecule has 1 aromatic carbocycles. The number of carbonyl (C=O) groups excluding carboxylic acids is 1. The van der Waals surface area contributed by atoms with Gasteiger partial charge in [0.1, 0.15) is 5.00 Å². The van der Waals surface area contributed by atoms with Gasteiger partial charge in [-0.15, -0.1) is 23.1 Å². The van der Waals surface area contributed by atoms with Crippen molar-refractivity contribution in [3.8, 4) is 5.00 Å². The summed E-state index contributed by atoms with van der Waals surface area (Å²) in [5, 5.41) is 4.45. The molecule has 0 spiro atoms. The number of nitrogens with one attached hydrogen (secondary N) is 1. The van der Waals surface area contributed by atoms with Gasteiger partial charge in [0.2, 0.25) is 0 Å². The maximum atomic E-state index is 13.6. The SMILES string of the molecule is COCCCNC(=O)N1Cc2c(sc3c2CCCC3)-n2cccc2[C@@H]1c1ccc(SC)cc1. The summed E-state index contributed by atoms with van der Waals surface area (Å²) in [6.45, 7) is 1.88. The average Bonchev–Trinajstić information content (AvgIpc) is 3.44. The van der Waals surface area contributed by atoms with Gasteiger partial charge in [0, 0.05) is 41.8 Å². The van der Waals surface area contributed by atoms with Crippen LogP contribution in [0.25, 0.3) is 5.00 Å². The van der Waals surface area contributed by atoms with E-state index in [9.17, 15) is 4.79 Å². The molecular formula is C26H31N3O2S2. The number of aryl methyl sites for hydroxylation is 1. The van der Waals surface area contributed by atoms with Crippen LogP contribution in [-0.2, 0) is 24.1 Å². The number of methoxy groups -OCH3 is 1. The summed E-state index contributed by atoms with van der Waals surface area (Å²) in [5.74, 6) is 0. The highest BCUT2D eigenvalue weighted by Gasteiger charge is 2.35. The third-order valence-electron chi connectivity index (χ3n) is 6.67. The minimum absolute atomic E-state index is 0.0126. The van der Waals surface area contributed by atoms with E-state index in [2.05, 4.69) is 58.7 Å². The van der Waals surface area contributed by atoms with Crippen LogP contribution in [0.15, 0.2) is 47.5 Å². The van der Waals surface area contributed by atoms with Crippen molar-refractivity contribution in [3.63, 3.8) is 0 Å². The Morgan fingerprint density at radius 1 is 1.18 bits per heavy atom. The Labute approximate surface area is 204 Å². The number of rotatable bonds is 6. The fraction of sp³-hybridized carbons (Fsp3) is 0.423. The highest BCUT2D eigenvalue weighted by atomic mass is 32.2. The highest BCUT2D eigenvalue weighted by molar-refractivity contribution is 7.98. The molecule has 5 rings (SSSR count). The lowest BCUT2D eigenvalue weighted by Crippen LogP contribution is -2.42. The molecule has 2 aromatic heterocycles. The number of thiophene rings is 1. The predicted octanol–water partition coefficient (Wildman–Crippen LogP) is 5.79. The van der Waals surface area contributed by atoms with Gasteiger partial charge in [-0.2, -0.15) is 0 Å². The molecule has 0 radical (unpaired) electrons. The van der Waals surface area contributed by atoms with Crippen molar-refractivity contribution in [3.05, 3.63) is 69.9 Å². The molecule has 1 aliphatic carbocycles. The van der Waals surface area contributed by atoms with E-state index in [1.165, 1.54) is 38.7 Å². The molecule has 0 saturated heterocycles. The van der Waals surface area contributed by atoms with Gasteiger partial charge in [0.25, 0.3) is 0 Å². The number of hydrogen-bond acceptors (Lipinski definition) is 4. The zero-order valence-corrected chi connectivity index (χ0v) is 20.9. The van der Waals surface area contributed by atoms with E-state index in [0.29, 0.717) is 19.7 Å². The smallest absolute Gasteiger partial charge is 0.318 e. The van der Waals surface area contributed by atoms with Crippen LogP contribution >= 0.6 is 23.1 Å². The number of thioether (sulfide) groups is 1. The van der Waals surface area contributed by atoms with Crippen molar-refractivity contribution in [1.82, 2.24) is 14.8 Å². The molecule has 33 heavy (non-hydrogen) atoms. The summed E-state index contributed by atoms with van der Waals surface area (Å²) in [7, 11) is 1.69. The number of nitrogens with zero attached hydrogens (tertiary/aromatic N) is 2. The number of fused-ring (bicyclic) bond motifs is 5. The largest absolute Gasteiger partial charge is 0.385 e. The molecule has 1 aliphatic heterocycles. The Morgan fingerprint density at radius 3 is 2.79 bits per heavy atom. The standard InChI is InChI=1S/C26H31N3O2S2/c1-31-16-6-14-27-26(30)29-17-21-20-7-3-4-9-23(20)33-25(21)28-15-5-8-22(28)24(29)18-10-12-19(32-2)13-11-18/h5,8,10-13,15,24H,3-4,6-7,9,14,16-17H2,1-2H3,(H,27,30)/t24-/m0/s1. The average molecular weight is 482 g/mol. The molecule has 0 unspecified atom stereocenters. The van der Waals surface area contributed by atoms with Crippen molar-refractivity contribution in [2.45, 2.75) is 49.6 Å². The summed E-state index contributed by atoms with van der Waals surface area (Å²) in [6.07, 6.45) is 9.84. The van der Waals surface area contributed by atoms with E-state index in [-0.39, 0.29) is 12.1 Å². The first-order valence-electron chi connectivity index (χ1n) is 11.7. The van der Waals surface area contributed by atoms with Crippen LogP contribution in [0.4, 0.5) is 4.79 Å². The maximum Gasteiger partial charge on any atom is 0.318 e. The minimum Gasteiger partial charge on any atom is -0.385 e. The number of carbonyl (C=O) groups is 1. The van der Waals surface area contributed by atoms with Crippen LogP contribution in [0, 0.1) is 0 Å². The van der Waals surface area contributed by atoms with Crippen molar-refractivity contribution in [1.29, 1.82) is 0 Å². The zero-order valence-electron chi connectivity index (χ0n) is 19.3. The molecule has 2 aliphatic rings. The van der Waals surface area contributed by atoms with E-state index in [4.69, 9.17) is 4.74 Å². The monoisotopic (exact) mass is 481 g/mol. The molecule has 0 bridgehead atoms. The lowest BCUT2D eigenvalue weighted by atomic mass is 9.95. The Kier molecular flexibility index (Phi) is 6.81. The molecule has 5 nitrogen and oxygen atoms in total. The minimum atomic E-state index is -0.142. The number of aromatic nitrogens is 1. The van der Waals surface area contributed by atoms with E-state index in [0.717, 1.165) is 30.5 Å². The van der Waals surface area contributed by atoms with Crippen molar-refractivity contribution in [2.75, 3.05) is 26.5 Å².